The standard InChI is InChI=1S/C16H23NO3/c1-3-16(15(18)19)10-7-11-17(16)12-13-8-5-6-9-14(13)20-4-2/h5-6,8-9H,3-4,7,10-12H2,1-2H3,(H,18,19). The number of hydrogen-bond acceptors (Lipinski definition) is 3. The Morgan fingerprint density at radius 2 is 2.15 bits per heavy atom. The number of rotatable bonds is 6. The van der Waals surface area contributed by atoms with E-state index in [0.717, 1.165) is 30.7 Å². The lowest BCUT2D eigenvalue weighted by molar-refractivity contribution is -0.150. The lowest BCUT2D eigenvalue weighted by atomic mass is 9.92. The quantitative estimate of drug-likeness (QED) is 0.868. The summed E-state index contributed by atoms with van der Waals surface area (Å²) >= 11 is 0. The summed E-state index contributed by atoms with van der Waals surface area (Å²) in [7, 11) is 0. The van der Waals surface area contributed by atoms with E-state index in [2.05, 4.69) is 4.90 Å². The van der Waals surface area contributed by atoms with Crippen molar-refractivity contribution >= 4 is 5.97 Å². The molecule has 1 aromatic rings. The van der Waals surface area contributed by atoms with Gasteiger partial charge in [0.25, 0.3) is 0 Å². The first-order chi connectivity index (χ1) is 9.64. The largest absolute Gasteiger partial charge is 0.494 e. The molecule has 4 heteroatoms. The maximum absolute atomic E-state index is 11.7. The van der Waals surface area contributed by atoms with Gasteiger partial charge in [0, 0.05) is 12.1 Å². The van der Waals surface area contributed by atoms with Crippen LogP contribution in [0.15, 0.2) is 24.3 Å². The van der Waals surface area contributed by atoms with Gasteiger partial charge >= 0.3 is 5.97 Å². The van der Waals surface area contributed by atoms with Gasteiger partial charge in [0.1, 0.15) is 11.3 Å². The number of para-hydroxylation sites is 1. The Labute approximate surface area is 120 Å². The highest BCUT2D eigenvalue weighted by Gasteiger charge is 2.46. The van der Waals surface area contributed by atoms with Crippen molar-refractivity contribution in [2.24, 2.45) is 0 Å². The Bertz CT molecular complexity index is 475. The fourth-order valence-electron chi connectivity index (χ4n) is 3.10. The molecule has 0 spiro atoms. The number of hydrogen-bond donors (Lipinski definition) is 1. The molecule has 0 bridgehead atoms. The van der Waals surface area contributed by atoms with E-state index in [9.17, 15) is 9.90 Å². The number of aliphatic carboxylic acids is 1. The van der Waals surface area contributed by atoms with Crippen LogP contribution in [-0.4, -0.2) is 34.7 Å². The van der Waals surface area contributed by atoms with Crippen LogP contribution in [0, 0.1) is 0 Å². The zero-order valence-corrected chi connectivity index (χ0v) is 12.3. The minimum Gasteiger partial charge on any atom is -0.494 e. The summed E-state index contributed by atoms with van der Waals surface area (Å²) < 4.78 is 5.64. The predicted molar refractivity (Wildman–Crippen MR) is 77.9 cm³/mol. The Hall–Kier alpha value is -1.55. The van der Waals surface area contributed by atoms with Gasteiger partial charge in [0.15, 0.2) is 0 Å². The molecule has 4 nitrogen and oxygen atoms in total. The summed E-state index contributed by atoms with van der Waals surface area (Å²) in [5.74, 6) is 0.156. The summed E-state index contributed by atoms with van der Waals surface area (Å²) in [6.45, 7) is 6.01. The maximum atomic E-state index is 11.7. The third-order valence-electron chi connectivity index (χ3n) is 4.24. The monoisotopic (exact) mass is 277 g/mol. The number of carboxylic acids is 1. The molecule has 20 heavy (non-hydrogen) atoms. The Morgan fingerprint density at radius 3 is 2.80 bits per heavy atom. The van der Waals surface area contributed by atoms with E-state index in [1.807, 2.05) is 38.1 Å². The van der Waals surface area contributed by atoms with Crippen molar-refractivity contribution in [2.45, 2.75) is 45.2 Å². The highest BCUT2D eigenvalue weighted by Crippen LogP contribution is 2.35. The third-order valence-corrected chi connectivity index (χ3v) is 4.24. The van der Waals surface area contributed by atoms with Gasteiger partial charge in [-0.15, -0.1) is 0 Å². The molecule has 2 rings (SSSR count). The first kappa shape index (κ1) is 14.9. The molecule has 1 aliphatic rings. The molecule has 1 atom stereocenters. The minimum atomic E-state index is -0.709. The lowest BCUT2D eigenvalue weighted by Gasteiger charge is -2.34. The van der Waals surface area contributed by atoms with E-state index in [1.54, 1.807) is 0 Å². The van der Waals surface area contributed by atoms with E-state index in [-0.39, 0.29) is 0 Å². The van der Waals surface area contributed by atoms with Crippen molar-refractivity contribution < 1.29 is 14.6 Å². The summed E-state index contributed by atoms with van der Waals surface area (Å²) in [5.41, 5.74) is 0.356. The normalized spacial score (nSPS) is 22.9. The van der Waals surface area contributed by atoms with Crippen LogP contribution in [0.4, 0.5) is 0 Å². The van der Waals surface area contributed by atoms with Gasteiger partial charge < -0.3 is 9.84 Å². The van der Waals surface area contributed by atoms with Crippen LogP contribution >= 0.6 is 0 Å². The zero-order valence-electron chi connectivity index (χ0n) is 12.3. The van der Waals surface area contributed by atoms with E-state index in [4.69, 9.17) is 4.74 Å². The smallest absolute Gasteiger partial charge is 0.324 e. The molecule has 1 aromatic carbocycles. The van der Waals surface area contributed by atoms with Crippen molar-refractivity contribution in [1.29, 1.82) is 0 Å². The van der Waals surface area contributed by atoms with E-state index >= 15 is 0 Å². The average Bonchev–Trinajstić information content (AvgIpc) is 2.85. The first-order valence-electron chi connectivity index (χ1n) is 7.33. The molecular formula is C16H23NO3. The van der Waals surface area contributed by atoms with Gasteiger partial charge in [-0.25, -0.2) is 0 Å². The van der Waals surface area contributed by atoms with Gasteiger partial charge in [-0.3, -0.25) is 9.69 Å². The number of likely N-dealkylation sites (tertiary alicyclic amines) is 1. The van der Waals surface area contributed by atoms with Gasteiger partial charge in [-0.2, -0.15) is 0 Å². The fourth-order valence-corrected chi connectivity index (χ4v) is 3.10. The zero-order chi connectivity index (χ0) is 14.6. The van der Waals surface area contributed by atoms with Crippen LogP contribution in [0.25, 0.3) is 0 Å². The molecule has 0 radical (unpaired) electrons. The van der Waals surface area contributed by atoms with Gasteiger partial charge in [0.05, 0.1) is 6.61 Å². The average molecular weight is 277 g/mol. The topological polar surface area (TPSA) is 49.8 Å². The molecule has 0 saturated carbocycles. The van der Waals surface area contributed by atoms with E-state index < -0.39 is 11.5 Å². The van der Waals surface area contributed by atoms with Gasteiger partial charge in [-0.05, 0) is 38.8 Å². The van der Waals surface area contributed by atoms with E-state index in [1.165, 1.54) is 0 Å². The van der Waals surface area contributed by atoms with Gasteiger partial charge in [0.2, 0.25) is 0 Å². The lowest BCUT2D eigenvalue weighted by Crippen LogP contribution is -2.49. The summed E-state index contributed by atoms with van der Waals surface area (Å²) in [4.78, 5) is 13.8. The molecule has 110 valence electrons. The van der Waals surface area contributed by atoms with Gasteiger partial charge in [-0.1, -0.05) is 25.1 Å². The molecule has 1 heterocycles. The molecular weight excluding hydrogens is 254 g/mol. The van der Waals surface area contributed by atoms with Crippen molar-refractivity contribution in [2.75, 3.05) is 13.2 Å². The molecule has 1 unspecified atom stereocenters. The Morgan fingerprint density at radius 1 is 1.40 bits per heavy atom. The molecule has 0 aromatic heterocycles. The van der Waals surface area contributed by atoms with Crippen molar-refractivity contribution in [3.63, 3.8) is 0 Å². The minimum absolute atomic E-state index is 0.620. The van der Waals surface area contributed by atoms with Crippen molar-refractivity contribution in [3.8, 4) is 5.75 Å². The second kappa shape index (κ2) is 6.27. The third kappa shape index (κ3) is 2.66. The van der Waals surface area contributed by atoms with Crippen LogP contribution in [0.5, 0.6) is 5.75 Å². The van der Waals surface area contributed by atoms with Crippen LogP contribution in [0.1, 0.15) is 38.7 Å². The second-order valence-electron chi connectivity index (χ2n) is 5.26. The number of nitrogens with zero attached hydrogens (tertiary/aromatic N) is 1. The summed E-state index contributed by atoms with van der Waals surface area (Å²) in [6.07, 6.45) is 2.31. The Kier molecular flexibility index (Phi) is 4.65. The molecule has 1 saturated heterocycles. The molecule has 0 amide bonds. The number of ether oxygens (including phenoxy) is 1. The highest BCUT2D eigenvalue weighted by molar-refractivity contribution is 5.79. The highest BCUT2D eigenvalue weighted by atomic mass is 16.5. The molecule has 1 aliphatic heterocycles. The summed E-state index contributed by atoms with van der Waals surface area (Å²) in [5, 5.41) is 9.61. The number of carbonyl (C=O) groups is 1. The van der Waals surface area contributed by atoms with Crippen LogP contribution in [0.3, 0.4) is 0 Å². The van der Waals surface area contributed by atoms with Crippen molar-refractivity contribution in [3.05, 3.63) is 29.8 Å². The summed E-state index contributed by atoms with van der Waals surface area (Å²) in [6, 6.07) is 7.89. The van der Waals surface area contributed by atoms with Crippen LogP contribution in [-0.2, 0) is 11.3 Å². The predicted octanol–water partition coefficient (Wildman–Crippen LogP) is 2.91. The molecule has 1 fully saturated rings. The molecule has 1 N–H and O–H groups in total. The fraction of sp³-hybridized carbons (Fsp3) is 0.562. The number of carboxylic acid groups (broad SMARTS) is 1. The van der Waals surface area contributed by atoms with E-state index in [0.29, 0.717) is 19.6 Å². The molecule has 0 aliphatic carbocycles. The van der Waals surface area contributed by atoms with Crippen LogP contribution < -0.4 is 4.74 Å². The number of benzene rings is 1. The van der Waals surface area contributed by atoms with Crippen LogP contribution in [0.2, 0.25) is 0 Å². The maximum Gasteiger partial charge on any atom is 0.324 e. The second-order valence-corrected chi connectivity index (χ2v) is 5.26. The van der Waals surface area contributed by atoms with Crippen molar-refractivity contribution in [1.82, 2.24) is 4.90 Å². The Balaban J connectivity index is 2.23. The first-order valence-corrected chi connectivity index (χ1v) is 7.33. The SMILES string of the molecule is CCOc1ccccc1CN1CCCC1(CC)C(=O)O.